The van der Waals surface area contributed by atoms with Gasteiger partial charge in [-0.25, -0.2) is 4.79 Å². The lowest BCUT2D eigenvalue weighted by Gasteiger charge is -2.09. The summed E-state index contributed by atoms with van der Waals surface area (Å²) in [6.45, 7) is 2.70. The molecular weight excluding hydrogens is 296 g/mol. The second-order valence-electron chi connectivity index (χ2n) is 4.73. The van der Waals surface area contributed by atoms with Gasteiger partial charge in [-0.05, 0) is 36.8 Å². The molecule has 2 aromatic carbocycles. The molecule has 0 aromatic heterocycles. The molecule has 3 N–H and O–H groups in total. The van der Waals surface area contributed by atoms with Crippen molar-refractivity contribution >= 4 is 11.9 Å². The number of urea groups is 1. The van der Waals surface area contributed by atoms with Gasteiger partial charge in [0, 0.05) is 6.54 Å². The summed E-state index contributed by atoms with van der Waals surface area (Å²) in [4.78, 5) is 23.6. The average molecular weight is 314 g/mol. The number of carbonyl (C=O) groups excluding carboxylic acids is 2. The van der Waals surface area contributed by atoms with E-state index < -0.39 is 11.9 Å². The number of phenols is 1. The monoisotopic (exact) mass is 314 g/mol. The fourth-order valence-electron chi connectivity index (χ4n) is 1.97. The van der Waals surface area contributed by atoms with Crippen LogP contribution in [0.3, 0.4) is 0 Å². The molecule has 23 heavy (non-hydrogen) atoms. The first-order chi connectivity index (χ1) is 11.1. The van der Waals surface area contributed by atoms with E-state index in [1.165, 1.54) is 12.1 Å². The molecule has 6 nitrogen and oxygen atoms in total. The molecule has 0 atom stereocenters. The van der Waals surface area contributed by atoms with Crippen LogP contribution in [0.25, 0.3) is 0 Å². The molecule has 0 bridgehead atoms. The number of amides is 3. The largest absolute Gasteiger partial charge is 0.507 e. The van der Waals surface area contributed by atoms with Crippen LogP contribution in [0.15, 0.2) is 48.5 Å². The number of benzene rings is 2. The quantitative estimate of drug-likeness (QED) is 0.791. The summed E-state index contributed by atoms with van der Waals surface area (Å²) in [5.74, 6) is -0.122. The van der Waals surface area contributed by atoms with Crippen LogP contribution in [0.2, 0.25) is 0 Å². The molecule has 0 radical (unpaired) electrons. The van der Waals surface area contributed by atoms with Crippen molar-refractivity contribution in [2.24, 2.45) is 0 Å². The molecule has 0 spiro atoms. The van der Waals surface area contributed by atoms with Crippen molar-refractivity contribution in [3.05, 3.63) is 59.7 Å². The average Bonchev–Trinajstić information content (AvgIpc) is 2.54. The highest BCUT2D eigenvalue weighted by molar-refractivity contribution is 6.05. The van der Waals surface area contributed by atoms with Gasteiger partial charge in [0.2, 0.25) is 0 Å². The van der Waals surface area contributed by atoms with Crippen LogP contribution in [0, 0.1) is 0 Å². The number of hydrogen-bond donors (Lipinski definition) is 3. The van der Waals surface area contributed by atoms with E-state index in [2.05, 4.69) is 10.6 Å². The van der Waals surface area contributed by atoms with Gasteiger partial charge in [-0.15, -0.1) is 0 Å². The number of phenolic OH excluding ortho intramolecular Hbond substituents is 1. The lowest BCUT2D eigenvalue weighted by atomic mass is 10.2. The maximum atomic E-state index is 11.9. The highest BCUT2D eigenvalue weighted by Gasteiger charge is 2.13. The van der Waals surface area contributed by atoms with Crippen molar-refractivity contribution < 1.29 is 19.4 Å². The van der Waals surface area contributed by atoms with Crippen LogP contribution in [0.4, 0.5) is 4.79 Å². The Bertz CT molecular complexity index is 700. The zero-order valence-corrected chi connectivity index (χ0v) is 12.7. The predicted molar refractivity (Wildman–Crippen MR) is 85.4 cm³/mol. The van der Waals surface area contributed by atoms with Crippen LogP contribution < -0.4 is 15.4 Å². The molecule has 3 amide bonds. The zero-order chi connectivity index (χ0) is 16.7. The van der Waals surface area contributed by atoms with Crippen molar-refractivity contribution in [1.29, 1.82) is 0 Å². The minimum atomic E-state index is -0.663. The van der Waals surface area contributed by atoms with E-state index in [0.29, 0.717) is 6.61 Å². The minimum Gasteiger partial charge on any atom is -0.507 e. The van der Waals surface area contributed by atoms with Gasteiger partial charge in [-0.1, -0.05) is 24.3 Å². The molecule has 0 heterocycles. The third kappa shape index (κ3) is 4.74. The highest BCUT2D eigenvalue weighted by Crippen LogP contribution is 2.15. The number of hydrogen-bond acceptors (Lipinski definition) is 4. The van der Waals surface area contributed by atoms with Crippen LogP contribution in [0.5, 0.6) is 11.5 Å². The second kappa shape index (κ2) is 7.84. The topological polar surface area (TPSA) is 87.7 Å². The fraction of sp³-hybridized carbons (Fsp3) is 0.176. The number of imide groups is 1. The van der Waals surface area contributed by atoms with Gasteiger partial charge in [0.1, 0.15) is 11.5 Å². The van der Waals surface area contributed by atoms with E-state index in [1.54, 1.807) is 12.1 Å². The first kappa shape index (κ1) is 16.4. The molecule has 0 unspecified atom stereocenters. The standard InChI is InChI=1S/C17H18N2O4/c1-2-23-13-7-5-6-12(10-13)11-18-17(22)19-16(21)14-8-3-4-9-15(14)20/h3-10,20H,2,11H2,1H3,(H2,18,19,21,22). The number of aromatic hydroxyl groups is 1. The van der Waals surface area contributed by atoms with E-state index in [9.17, 15) is 14.7 Å². The molecule has 0 aliphatic rings. The van der Waals surface area contributed by atoms with Gasteiger partial charge in [0.15, 0.2) is 0 Å². The van der Waals surface area contributed by atoms with Crippen LogP contribution in [-0.2, 0) is 6.54 Å². The first-order valence-corrected chi connectivity index (χ1v) is 7.19. The fourth-order valence-corrected chi connectivity index (χ4v) is 1.97. The SMILES string of the molecule is CCOc1cccc(CNC(=O)NC(=O)c2ccccc2O)c1. The maximum Gasteiger partial charge on any atom is 0.321 e. The number of carbonyl (C=O) groups is 2. The second-order valence-corrected chi connectivity index (χ2v) is 4.73. The summed E-state index contributed by atoms with van der Waals surface area (Å²) in [7, 11) is 0. The summed E-state index contributed by atoms with van der Waals surface area (Å²) in [6, 6.07) is 12.7. The Labute approximate surface area is 134 Å². The van der Waals surface area contributed by atoms with E-state index >= 15 is 0 Å². The Morgan fingerprint density at radius 2 is 1.91 bits per heavy atom. The van der Waals surface area contributed by atoms with E-state index in [1.807, 2.05) is 31.2 Å². The third-order valence-corrected chi connectivity index (χ3v) is 3.04. The van der Waals surface area contributed by atoms with Crippen LogP contribution in [0.1, 0.15) is 22.8 Å². The van der Waals surface area contributed by atoms with Gasteiger partial charge < -0.3 is 15.2 Å². The predicted octanol–water partition coefficient (Wildman–Crippen LogP) is 2.43. The Morgan fingerprint density at radius 3 is 2.65 bits per heavy atom. The van der Waals surface area contributed by atoms with Crippen molar-refractivity contribution in [3.8, 4) is 11.5 Å². The zero-order valence-electron chi connectivity index (χ0n) is 12.7. The normalized spacial score (nSPS) is 9.96. The molecule has 0 fully saturated rings. The molecule has 0 saturated carbocycles. The molecule has 0 saturated heterocycles. The summed E-state index contributed by atoms with van der Waals surface area (Å²) in [5.41, 5.74) is 0.891. The number of ether oxygens (including phenoxy) is 1. The minimum absolute atomic E-state index is 0.0426. The molecule has 0 aliphatic heterocycles. The van der Waals surface area contributed by atoms with Gasteiger partial charge in [0.25, 0.3) is 5.91 Å². The Balaban J connectivity index is 1.89. The summed E-state index contributed by atoms with van der Waals surface area (Å²) >= 11 is 0. The van der Waals surface area contributed by atoms with Gasteiger partial charge in [-0.2, -0.15) is 0 Å². The summed E-state index contributed by atoms with van der Waals surface area (Å²) < 4.78 is 5.38. The molecule has 120 valence electrons. The highest BCUT2D eigenvalue weighted by atomic mass is 16.5. The Hall–Kier alpha value is -3.02. The number of para-hydroxylation sites is 1. The van der Waals surface area contributed by atoms with Crippen LogP contribution >= 0.6 is 0 Å². The molecule has 0 aliphatic carbocycles. The molecule has 6 heteroatoms. The smallest absolute Gasteiger partial charge is 0.321 e. The third-order valence-electron chi connectivity index (χ3n) is 3.04. The van der Waals surface area contributed by atoms with Crippen molar-refractivity contribution in [2.45, 2.75) is 13.5 Å². The maximum absolute atomic E-state index is 11.9. The Kier molecular flexibility index (Phi) is 5.57. The lowest BCUT2D eigenvalue weighted by Crippen LogP contribution is -2.39. The van der Waals surface area contributed by atoms with Crippen molar-refractivity contribution in [2.75, 3.05) is 6.61 Å². The number of nitrogens with one attached hydrogen (secondary N) is 2. The molecule has 2 aromatic rings. The van der Waals surface area contributed by atoms with E-state index in [0.717, 1.165) is 11.3 Å². The van der Waals surface area contributed by atoms with Gasteiger partial charge in [0.05, 0.1) is 12.2 Å². The van der Waals surface area contributed by atoms with Gasteiger partial charge >= 0.3 is 6.03 Å². The van der Waals surface area contributed by atoms with E-state index in [-0.39, 0.29) is 17.9 Å². The summed E-state index contributed by atoms with van der Waals surface area (Å²) in [5, 5.41) is 14.3. The van der Waals surface area contributed by atoms with E-state index in [4.69, 9.17) is 4.74 Å². The van der Waals surface area contributed by atoms with Crippen LogP contribution in [-0.4, -0.2) is 23.7 Å². The van der Waals surface area contributed by atoms with Crippen molar-refractivity contribution in [3.63, 3.8) is 0 Å². The van der Waals surface area contributed by atoms with Gasteiger partial charge in [-0.3, -0.25) is 10.1 Å². The van der Waals surface area contributed by atoms with Crippen molar-refractivity contribution in [1.82, 2.24) is 10.6 Å². The Morgan fingerprint density at radius 1 is 1.13 bits per heavy atom. The molecular formula is C17H18N2O4. The summed E-state index contributed by atoms with van der Waals surface area (Å²) in [6.07, 6.45) is 0. The lowest BCUT2D eigenvalue weighted by molar-refractivity contribution is 0.0961. The molecule has 2 rings (SSSR count). The first-order valence-electron chi connectivity index (χ1n) is 7.19. The number of rotatable bonds is 5.